The number of amides is 1. The molecule has 0 saturated heterocycles. The third-order valence-corrected chi connectivity index (χ3v) is 5.26. The zero-order chi connectivity index (χ0) is 17.2. The number of rotatable bonds is 6. The van der Waals surface area contributed by atoms with Gasteiger partial charge in [0.25, 0.3) is 5.91 Å². The van der Waals surface area contributed by atoms with E-state index in [0.717, 1.165) is 12.2 Å². The van der Waals surface area contributed by atoms with Crippen molar-refractivity contribution in [3.8, 4) is 11.5 Å². The summed E-state index contributed by atoms with van der Waals surface area (Å²) in [7, 11) is 1.56. The van der Waals surface area contributed by atoms with E-state index in [4.69, 9.17) is 9.47 Å². The van der Waals surface area contributed by atoms with Gasteiger partial charge in [-0.1, -0.05) is 0 Å². The molecule has 1 unspecified atom stereocenters. The summed E-state index contributed by atoms with van der Waals surface area (Å²) in [5.41, 5.74) is 0.0955. The summed E-state index contributed by atoms with van der Waals surface area (Å²) < 4.78 is 37.6. The average Bonchev–Trinajstić information content (AvgIpc) is 3.28. The van der Waals surface area contributed by atoms with Crippen molar-refractivity contribution < 1.29 is 23.0 Å². The maximum atomic E-state index is 13.3. The second-order valence-corrected chi connectivity index (χ2v) is 6.86. The lowest BCUT2D eigenvalue weighted by atomic mass is 9.82. The van der Waals surface area contributed by atoms with Gasteiger partial charge in [0.2, 0.25) is 5.92 Å². The minimum absolute atomic E-state index is 0.0148. The maximum Gasteiger partial charge on any atom is 0.257 e. The molecule has 132 valence electrons. The van der Waals surface area contributed by atoms with E-state index in [2.05, 4.69) is 5.32 Å². The zero-order valence-corrected chi connectivity index (χ0v) is 13.8. The van der Waals surface area contributed by atoms with Crippen molar-refractivity contribution in [1.29, 1.82) is 0 Å². The van der Waals surface area contributed by atoms with Gasteiger partial charge in [-0.3, -0.25) is 4.79 Å². The second-order valence-electron chi connectivity index (χ2n) is 6.86. The number of alkyl halides is 2. The Bertz CT molecular complexity index is 578. The topological polar surface area (TPSA) is 47.6 Å². The van der Waals surface area contributed by atoms with Gasteiger partial charge < -0.3 is 14.8 Å². The Hall–Kier alpha value is -1.85. The highest BCUT2D eigenvalue weighted by atomic mass is 19.3. The fourth-order valence-electron chi connectivity index (χ4n) is 3.44. The zero-order valence-electron chi connectivity index (χ0n) is 13.8. The van der Waals surface area contributed by atoms with Crippen LogP contribution in [0.15, 0.2) is 24.3 Å². The molecule has 1 atom stereocenters. The van der Waals surface area contributed by atoms with Gasteiger partial charge in [0.05, 0.1) is 6.61 Å². The molecule has 0 heterocycles. The number of carbonyl (C=O) groups excluding carboxylic acids is 1. The van der Waals surface area contributed by atoms with Crippen LogP contribution in [0.4, 0.5) is 8.78 Å². The Morgan fingerprint density at radius 3 is 2.29 bits per heavy atom. The molecular weight excluding hydrogens is 316 g/mol. The fraction of sp³-hybridized carbons (Fsp3) is 0.611. The molecule has 1 N–H and O–H groups in total. The molecular formula is C18H23F2NO3. The second kappa shape index (κ2) is 6.57. The molecule has 6 heteroatoms. The summed E-state index contributed by atoms with van der Waals surface area (Å²) in [6, 6.07) is 7.09. The first-order valence-corrected chi connectivity index (χ1v) is 8.37. The SMILES string of the molecule is CNC(=O)COc1ccc(OCC2CC23CCC(F)(F)CC3)cc1. The third-order valence-electron chi connectivity index (χ3n) is 5.26. The molecule has 1 aromatic rings. The van der Waals surface area contributed by atoms with Crippen molar-refractivity contribution in [2.45, 2.75) is 38.0 Å². The number of hydrogen-bond donors (Lipinski definition) is 1. The minimum atomic E-state index is -2.47. The van der Waals surface area contributed by atoms with Crippen LogP contribution in [0.5, 0.6) is 11.5 Å². The first-order chi connectivity index (χ1) is 11.4. The molecule has 2 aliphatic carbocycles. The Morgan fingerprint density at radius 1 is 1.12 bits per heavy atom. The number of nitrogens with one attached hydrogen (secondary N) is 1. The highest BCUT2D eigenvalue weighted by molar-refractivity contribution is 5.77. The van der Waals surface area contributed by atoms with Crippen LogP contribution in [-0.4, -0.2) is 32.1 Å². The fourth-order valence-corrected chi connectivity index (χ4v) is 3.44. The predicted octanol–water partition coefficient (Wildman–Crippen LogP) is 3.41. The van der Waals surface area contributed by atoms with Crippen LogP contribution < -0.4 is 14.8 Å². The lowest BCUT2D eigenvalue weighted by Crippen LogP contribution is -2.27. The number of carbonyl (C=O) groups is 1. The largest absolute Gasteiger partial charge is 0.493 e. The number of ether oxygens (including phenoxy) is 2. The Morgan fingerprint density at radius 2 is 1.71 bits per heavy atom. The van der Waals surface area contributed by atoms with Gasteiger partial charge in [0.1, 0.15) is 11.5 Å². The predicted molar refractivity (Wildman–Crippen MR) is 85.5 cm³/mol. The van der Waals surface area contributed by atoms with E-state index in [1.807, 2.05) is 0 Å². The molecule has 1 aromatic carbocycles. The van der Waals surface area contributed by atoms with Crippen molar-refractivity contribution in [3.63, 3.8) is 0 Å². The Kier molecular flexibility index (Phi) is 4.65. The van der Waals surface area contributed by atoms with Crippen LogP contribution in [0, 0.1) is 11.3 Å². The number of likely N-dealkylation sites (N-methyl/N-ethyl adjacent to an activating group) is 1. The summed E-state index contributed by atoms with van der Waals surface area (Å²) in [4.78, 5) is 11.1. The Balaban J connectivity index is 1.42. The molecule has 2 fully saturated rings. The number of halogens is 2. The van der Waals surface area contributed by atoms with Gasteiger partial charge in [-0.15, -0.1) is 0 Å². The Labute approximate surface area is 140 Å². The molecule has 1 amide bonds. The van der Waals surface area contributed by atoms with Crippen LogP contribution in [0.2, 0.25) is 0 Å². The van der Waals surface area contributed by atoms with Crippen LogP contribution >= 0.6 is 0 Å². The molecule has 24 heavy (non-hydrogen) atoms. The standard InChI is InChI=1S/C18H23F2NO3/c1-21-16(22)12-24-15-4-2-14(3-5-15)23-11-13-10-17(13)6-8-18(19,20)9-7-17/h2-5,13H,6-12H2,1H3,(H,21,22). The molecule has 3 rings (SSSR count). The van der Waals surface area contributed by atoms with E-state index in [9.17, 15) is 13.6 Å². The van der Waals surface area contributed by atoms with Crippen LogP contribution in [-0.2, 0) is 4.79 Å². The van der Waals surface area contributed by atoms with E-state index in [1.165, 1.54) is 0 Å². The van der Waals surface area contributed by atoms with Crippen LogP contribution in [0.25, 0.3) is 0 Å². The van der Waals surface area contributed by atoms with Gasteiger partial charge >= 0.3 is 0 Å². The number of hydrogen-bond acceptors (Lipinski definition) is 3. The van der Waals surface area contributed by atoms with Gasteiger partial charge in [0, 0.05) is 19.9 Å². The normalized spacial score (nSPS) is 23.5. The molecule has 1 spiro atoms. The van der Waals surface area contributed by atoms with E-state index in [1.54, 1.807) is 31.3 Å². The highest BCUT2D eigenvalue weighted by Crippen LogP contribution is 2.63. The molecule has 0 radical (unpaired) electrons. The van der Waals surface area contributed by atoms with Crippen molar-refractivity contribution in [3.05, 3.63) is 24.3 Å². The van der Waals surface area contributed by atoms with E-state index >= 15 is 0 Å². The quantitative estimate of drug-likeness (QED) is 0.864. The molecule has 2 aliphatic rings. The number of benzene rings is 1. The summed E-state index contributed by atoms with van der Waals surface area (Å²) >= 11 is 0. The van der Waals surface area contributed by atoms with Crippen molar-refractivity contribution in [1.82, 2.24) is 5.32 Å². The summed E-state index contributed by atoms with van der Waals surface area (Å²) in [6.45, 7) is 0.552. The first-order valence-electron chi connectivity index (χ1n) is 8.37. The molecule has 0 bridgehead atoms. The van der Waals surface area contributed by atoms with E-state index in [0.29, 0.717) is 31.1 Å². The van der Waals surface area contributed by atoms with Gasteiger partial charge in [-0.05, 0) is 54.9 Å². The molecule has 4 nitrogen and oxygen atoms in total. The maximum absolute atomic E-state index is 13.3. The van der Waals surface area contributed by atoms with Crippen LogP contribution in [0.1, 0.15) is 32.1 Å². The van der Waals surface area contributed by atoms with Crippen molar-refractivity contribution in [2.75, 3.05) is 20.3 Å². The third kappa shape index (κ3) is 3.97. The van der Waals surface area contributed by atoms with Gasteiger partial charge in [-0.25, -0.2) is 8.78 Å². The van der Waals surface area contributed by atoms with Crippen molar-refractivity contribution >= 4 is 5.91 Å². The average molecular weight is 339 g/mol. The highest BCUT2D eigenvalue weighted by Gasteiger charge is 2.57. The summed E-state index contributed by atoms with van der Waals surface area (Å²) in [5.74, 6) is -0.942. The molecule has 2 saturated carbocycles. The summed E-state index contributed by atoms with van der Waals surface area (Å²) in [5, 5.41) is 2.48. The summed E-state index contributed by atoms with van der Waals surface area (Å²) in [6.07, 6.45) is 2.25. The monoisotopic (exact) mass is 339 g/mol. The van der Waals surface area contributed by atoms with Gasteiger partial charge in [0.15, 0.2) is 6.61 Å². The van der Waals surface area contributed by atoms with Crippen LogP contribution in [0.3, 0.4) is 0 Å². The lowest BCUT2D eigenvalue weighted by Gasteiger charge is -2.29. The molecule has 0 aliphatic heterocycles. The first kappa shape index (κ1) is 17.0. The lowest BCUT2D eigenvalue weighted by molar-refractivity contribution is -0.122. The van der Waals surface area contributed by atoms with E-state index in [-0.39, 0.29) is 30.8 Å². The van der Waals surface area contributed by atoms with Crippen molar-refractivity contribution in [2.24, 2.45) is 11.3 Å². The minimum Gasteiger partial charge on any atom is -0.493 e. The smallest absolute Gasteiger partial charge is 0.257 e. The van der Waals surface area contributed by atoms with Gasteiger partial charge in [-0.2, -0.15) is 0 Å². The van der Waals surface area contributed by atoms with E-state index < -0.39 is 5.92 Å². The molecule has 0 aromatic heterocycles.